The van der Waals surface area contributed by atoms with E-state index in [1.807, 2.05) is 13.8 Å². The first-order valence-corrected chi connectivity index (χ1v) is 4.93. The third kappa shape index (κ3) is 2.07. The van der Waals surface area contributed by atoms with E-state index in [-0.39, 0.29) is 0 Å². The predicted octanol–water partition coefficient (Wildman–Crippen LogP) is 4.17. The van der Waals surface area contributed by atoms with Gasteiger partial charge in [-0.2, -0.15) is 0 Å². The van der Waals surface area contributed by atoms with Gasteiger partial charge in [0.1, 0.15) is 11.5 Å². The van der Waals surface area contributed by atoms with Crippen molar-refractivity contribution in [2.45, 2.75) is 25.7 Å². The molecule has 0 atom stereocenters. The molecule has 0 aliphatic heterocycles. The Balaban J connectivity index is 3.15. The van der Waals surface area contributed by atoms with E-state index in [0.29, 0.717) is 0 Å². The highest BCUT2D eigenvalue weighted by molar-refractivity contribution is 8.03. The van der Waals surface area contributed by atoms with Crippen molar-refractivity contribution < 1.29 is 4.42 Å². The lowest BCUT2D eigenvalue weighted by Gasteiger charge is -1.98. The van der Waals surface area contributed by atoms with E-state index in [1.165, 1.54) is 5.56 Å². The molecule has 0 fully saturated rings. The van der Waals surface area contributed by atoms with E-state index < -0.39 is 0 Å². The van der Waals surface area contributed by atoms with Crippen LogP contribution in [-0.4, -0.2) is 0 Å². The van der Waals surface area contributed by atoms with Gasteiger partial charge < -0.3 is 4.42 Å². The van der Waals surface area contributed by atoms with E-state index in [1.54, 1.807) is 17.8 Å². The van der Waals surface area contributed by atoms with Crippen LogP contribution in [0.2, 0.25) is 0 Å². The van der Waals surface area contributed by atoms with Crippen LogP contribution in [-0.2, 0) is 0 Å². The Labute approximate surface area is 83.5 Å². The molecular formula is C11H14OS. The van der Waals surface area contributed by atoms with Gasteiger partial charge in [-0.15, -0.1) is 0 Å². The van der Waals surface area contributed by atoms with Crippen LogP contribution in [0.25, 0.3) is 6.08 Å². The largest absolute Gasteiger partial charge is 0.461 e. The topological polar surface area (TPSA) is 13.1 Å². The molecule has 0 unspecified atom stereocenters. The van der Waals surface area contributed by atoms with Crippen LogP contribution in [0.3, 0.4) is 0 Å². The first-order valence-electron chi connectivity index (χ1n) is 4.12. The molecule has 1 rings (SSSR count). The fourth-order valence-electron chi connectivity index (χ4n) is 1.07. The van der Waals surface area contributed by atoms with Crippen molar-refractivity contribution in [1.82, 2.24) is 0 Å². The van der Waals surface area contributed by atoms with Crippen molar-refractivity contribution >= 4 is 17.8 Å². The number of allylic oxidation sites excluding steroid dienone is 1. The first kappa shape index (κ1) is 10.2. The molecule has 0 N–H and O–H groups in total. The minimum Gasteiger partial charge on any atom is -0.461 e. The lowest BCUT2D eigenvalue weighted by Crippen LogP contribution is -1.76. The van der Waals surface area contributed by atoms with Crippen LogP contribution in [0, 0.1) is 13.8 Å². The first-order chi connectivity index (χ1) is 6.06. The zero-order valence-corrected chi connectivity index (χ0v) is 9.12. The third-order valence-electron chi connectivity index (χ3n) is 1.82. The molecule has 0 amide bonds. The van der Waals surface area contributed by atoms with E-state index >= 15 is 0 Å². The number of hydrogen-bond acceptors (Lipinski definition) is 2. The molecule has 0 bridgehead atoms. The third-order valence-corrected chi connectivity index (χ3v) is 2.88. The number of hydrogen-bond donors (Lipinski definition) is 0. The fourth-order valence-corrected chi connectivity index (χ4v) is 1.94. The molecule has 0 aliphatic rings. The van der Waals surface area contributed by atoms with Gasteiger partial charge in [-0.05, 0) is 31.8 Å². The molecule has 1 nitrogen and oxygen atoms in total. The highest BCUT2D eigenvalue weighted by Gasteiger charge is 2.12. The molecule has 2 heteroatoms. The Morgan fingerprint density at radius 1 is 1.46 bits per heavy atom. The van der Waals surface area contributed by atoms with Crippen LogP contribution in [0.4, 0.5) is 0 Å². The summed E-state index contributed by atoms with van der Waals surface area (Å²) in [6.07, 6.45) is 1.74. The predicted molar refractivity (Wildman–Crippen MR) is 58.9 cm³/mol. The normalized spacial score (nSPS) is 10.1. The summed E-state index contributed by atoms with van der Waals surface area (Å²) >= 11 is 1.64. The number of rotatable bonds is 3. The maximum atomic E-state index is 5.52. The van der Waals surface area contributed by atoms with Gasteiger partial charge in [-0.1, -0.05) is 24.9 Å². The van der Waals surface area contributed by atoms with Crippen molar-refractivity contribution in [3.8, 4) is 0 Å². The minimum atomic E-state index is 0.850. The summed E-state index contributed by atoms with van der Waals surface area (Å²) in [5.74, 6) is 1.81. The van der Waals surface area contributed by atoms with Crippen molar-refractivity contribution in [2.75, 3.05) is 0 Å². The Morgan fingerprint density at radius 2 is 2.08 bits per heavy atom. The standard InChI is InChI=1S/C11H14OS/c1-6-10-11(13-7(2)3)8(4)9(5)12-10/h6H,1-2H2,3-5H3. The Hall–Kier alpha value is -0.890. The molecule has 1 heterocycles. The lowest BCUT2D eigenvalue weighted by atomic mass is 10.3. The highest BCUT2D eigenvalue weighted by Crippen LogP contribution is 2.35. The van der Waals surface area contributed by atoms with Crippen LogP contribution in [0.15, 0.2) is 27.4 Å². The molecule has 70 valence electrons. The summed E-state index contributed by atoms with van der Waals surface area (Å²) in [6.45, 7) is 13.6. The molecular weight excluding hydrogens is 180 g/mol. The summed E-state index contributed by atoms with van der Waals surface area (Å²) in [6, 6.07) is 0. The van der Waals surface area contributed by atoms with Crippen molar-refractivity contribution in [3.63, 3.8) is 0 Å². The van der Waals surface area contributed by atoms with Crippen molar-refractivity contribution in [3.05, 3.63) is 35.1 Å². The number of thioether (sulfide) groups is 1. The van der Waals surface area contributed by atoms with Crippen LogP contribution >= 0.6 is 11.8 Å². The molecule has 0 saturated heterocycles. The summed E-state index contributed by atoms with van der Waals surface area (Å²) < 4.78 is 5.52. The maximum absolute atomic E-state index is 5.52. The summed E-state index contributed by atoms with van der Waals surface area (Å²) in [4.78, 5) is 2.20. The van der Waals surface area contributed by atoms with E-state index in [0.717, 1.165) is 21.3 Å². The SMILES string of the molecule is C=Cc1oc(C)c(C)c1SC(=C)C. The van der Waals surface area contributed by atoms with Gasteiger partial charge in [0.15, 0.2) is 0 Å². The van der Waals surface area contributed by atoms with Gasteiger partial charge in [-0.3, -0.25) is 0 Å². The summed E-state index contributed by atoms with van der Waals surface area (Å²) in [5.41, 5.74) is 1.18. The van der Waals surface area contributed by atoms with Gasteiger partial charge in [0.25, 0.3) is 0 Å². The smallest absolute Gasteiger partial charge is 0.140 e. The second-order valence-corrected chi connectivity index (χ2v) is 4.29. The molecule has 1 aromatic heterocycles. The maximum Gasteiger partial charge on any atom is 0.140 e. The zero-order chi connectivity index (χ0) is 10.0. The van der Waals surface area contributed by atoms with E-state index in [9.17, 15) is 0 Å². The number of aryl methyl sites for hydroxylation is 1. The Bertz CT molecular complexity index is 347. The van der Waals surface area contributed by atoms with Gasteiger partial charge in [0, 0.05) is 5.56 Å². The molecule has 0 radical (unpaired) electrons. The molecule has 0 saturated carbocycles. The molecule has 13 heavy (non-hydrogen) atoms. The monoisotopic (exact) mass is 194 g/mol. The lowest BCUT2D eigenvalue weighted by molar-refractivity contribution is 0.519. The second-order valence-electron chi connectivity index (χ2n) is 2.98. The Morgan fingerprint density at radius 3 is 2.54 bits per heavy atom. The van der Waals surface area contributed by atoms with Gasteiger partial charge in [0.05, 0.1) is 4.90 Å². The van der Waals surface area contributed by atoms with E-state index in [4.69, 9.17) is 4.42 Å². The quantitative estimate of drug-likeness (QED) is 0.670. The van der Waals surface area contributed by atoms with Crippen LogP contribution in [0.5, 0.6) is 0 Å². The summed E-state index contributed by atoms with van der Waals surface area (Å²) in [7, 11) is 0. The van der Waals surface area contributed by atoms with Crippen molar-refractivity contribution in [1.29, 1.82) is 0 Å². The fraction of sp³-hybridized carbons (Fsp3) is 0.273. The molecule has 0 spiro atoms. The average Bonchev–Trinajstić information content (AvgIpc) is 2.31. The summed E-state index contributed by atoms with van der Waals surface area (Å²) in [5, 5.41) is 0. The number of furan rings is 1. The van der Waals surface area contributed by atoms with Crippen LogP contribution < -0.4 is 0 Å². The van der Waals surface area contributed by atoms with Gasteiger partial charge in [0.2, 0.25) is 0 Å². The molecule has 0 aromatic carbocycles. The van der Waals surface area contributed by atoms with Gasteiger partial charge in [-0.25, -0.2) is 0 Å². The van der Waals surface area contributed by atoms with Crippen molar-refractivity contribution in [2.24, 2.45) is 0 Å². The zero-order valence-electron chi connectivity index (χ0n) is 8.31. The molecule has 1 aromatic rings. The average molecular weight is 194 g/mol. The van der Waals surface area contributed by atoms with E-state index in [2.05, 4.69) is 20.1 Å². The minimum absolute atomic E-state index is 0.850. The van der Waals surface area contributed by atoms with Crippen LogP contribution in [0.1, 0.15) is 24.0 Å². The Kier molecular flexibility index (Phi) is 3.04. The second kappa shape index (κ2) is 3.88. The van der Waals surface area contributed by atoms with Gasteiger partial charge >= 0.3 is 0 Å². The highest BCUT2D eigenvalue weighted by atomic mass is 32.2. The molecule has 0 aliphatic carbocycles.